The van der Waals surface area contributed by atoms with Crippen LogP contribution in [-0.2, 0) is 10.0 Å². The molecule has 0 aliphatic carbocycles. The molecule has 0 unspecified atom stereocenters. The van der Waals surface area contributed by atoms with Crippen molar-refractivity contribution in [3.8, 4) is 5.75 Å². The summed E-state index contributed by atoms with van der Waals surface area (Å²) in [6.07, 6.45) is 4.88. The summed E-state index contributed by atoms with van der Waals surface area (Å²) in [6.45, 7) is 2.40. The first-order chi connectivity index (χ1) is 11.1. The van der Waals surface area contributed by atoms with Crippen molar-refractivity contribution < 1.29 is 13.2 Å². The molecule has 5 nitrogen and oxygen atoms in total. The molecule has 2 aromatic rings. The minimum Gasteiger partial charge on any atom is -0.494 e. The number of rotatable bonds is 7. The standard InChI is InChI=1S/C17H18N2O3S/c1-2-22-16-10-12-17(13-11-16)23(20,21)19-18-14-6-9-15-7-4-3-5-8-15/h3-14,19H,2H2,1H3/b9-6+,18-14-. The van der Waals surface area contributed by atoms with Crippen molar-refractivity contribution in [3.05, 3.63) is 66.2 Å². The molecule has 2 aromatic carbocycles. The van der Waals surface area contributed by atoms with Crippen LogP contribution in [-0.4, -0.2) is 21.2 Å². The van der Waals surface area contributed by atoms with E-state index in [1.54, 1.807) is 18.2 Å². The third-order valence-corrected chi connectivity index (χ3v) is 4.11. The molecule has 0 saturated heterocycles. The van der Waals surface area contributed by atoms with E-state index in [-0.39, 0.29) is 4.90 Å². The Morgan fingerprint density at radius 2 is 1.78 bits per heavy atom. The number of hydrogen-bond donors (Lipinski definition) is 1. The topological polar surface area (TPSA) is 67.8 Å². The molecular formula is C17H18N2O3S. The van der Waals surface area contributed by atoms with E-state index >= 15 is 0 Å². The van der Waals surface area contributed by atoms with E-state index in [0.29, 0.717) is 12.4 Å². The molecule has 1 N–H and O–H groups in total. The van der Waals surface area contributed by atoms with Crippen molar-refractivity contribution in [2.24, 2.45) is 5.10 Å². The van der Waals surface area contributed by atoms with Crippen LogP contribution in [0, 0.1) is 0 Å². The summed E-state index contributed by atoms with van der Waals surface area (Å²) in [7, 11) is -3.67. The fraction of sp³-hybridized carbons (Fsp3) is 0.118. The Morgan fingerprint density at radius 1 is 1.09 bits per heavy atom. The van der Waals surface area contributed by atoms with Crippen LogP contribution >= 0.6 is 0 Å². The lowest BCUT2D eigenvalue weighted by atomic mass is 10.2. The Balaban J connectivity index is 1.95. The molecule has 23 heavy (non-hydrogen) atoms. The Labute approximate surface area is 136 Å². The van der Waals surface area contributed by atoms with E-state index in [4.69, 9.17) is 4.74 Å². The van der Waals surface area contributed by atoms with Gasteiger partial charge in [0.1, 0.15) is 5.75 Å². The summed E-state index contributed by atoms with van der Waals surface area (Å²) in [5.41, 5.74) is 1.01. The molecule has 0 aliphatic heterocycles. The van der Waals surface area contributed by atoms with Crippen LogP contribution in [0.25, 0.3) is 6.08 Å². The van der Waals surface area contributed by atoms with E-state index < -0.39 is 10.0 Å². The molecule has 0 heterocycles. The lowest BCUT2D eigenvalue weighted by Crippen LogP contribution is -2.18. The van der Waals surface area contributed by atoms with Gasteiger partial charge in [0.15, 0.2) is 0 Å². The number of ether oxygens (including phenoxy) is 1. The summed E-state index contributed by atoms with van der Waals surface area (Å²) in [6, 6.07) is 15.8. The highest BCUT2D eigenvalue weighted by molar-refractivity contribution is 7.89. The molecule has 2 rings (SSSR count). The molecular weight excluding hydrogens is 312 g/mol. The van der Waals surface area contributed by atoms with E-state index in [2.05, 4.69) is 9.93 Å². The largest absolute Gasteiger partial charge is 0.494 e. The monoisotopic (exact) mass is 330 g/mol. The SMILES string of the molecule is CCOc1ccc(S(=O)(=O)N/N=C\C=C\c2ccccc2)cc1. The molecule has 0 radical (unpaired) electrons. The maximum atomic E-state index is 12.0. The van der Waals surface area contributed by atoms with Crippen LogP contribution in [0.4, 0.5) is 0 Å². The van der Waals surface area contributed by atoms with E-state index in [1.807, 2.05) is 43.3 Å². The summed E-state index contributed by atoms with van der Waals surface area (Å²) < 4.78 is 29.4. The molecule has 0 saturated carbocycles. The van der Waals surface area contributed by atoms with Crippen LogP contribution in [0.1, 0.15) is 12.5 Å². The van der Waals surface area contributed by atoms with Gasteiger partial charge in [0, 0.05) is 6.21 Å². The molecule has 0 bridgehead atoms. The molecule has 0 fully saturated rings. The van der Waals surface area contributed by atoms with Gasteiger partial charge in [-0.15, -0.1) is 0 Å². The zero-order chi connectivity index (χ0) is 16.5. The van der Waals surface area contributed by atoms with Gasteiger partial charge in [0.05, 0.1) is 11.5 Å². The third kappa shape index (κ3) is 5.27. The number of hydrogen-bond acceptors (Lipinski definition) is 4. The number of nitrogens with zero attached hydrogens (tertiary/aromatic N) is 1. The van der Waals surface area contributed by atoms with Crippen molar-refractivity contribution in [1.82, 2.24) is 4.83 Å². The summed E-state index contributed by atoms with van der Waals surface area (Å²) in [5, 5.41) is 3.71. The fourth-order valence-corrected chi connectivity index (χ4v) is 2.59. The highest BCUT2D eigenvalue weighted by Crippen LogP contribution is 2.15. The first kappa shape index (κ1) is 16.8. The van der Waals surface area contributed by atoms with Crippen LogP contribution in [0.2, 0.25) is 0 Å². The number of nitrogens with one attached hydrogen (secondary N) is 1. The molecule has 0 spiro atoms. The smallest absolute Gasteiger partial charge is 0.276 e. The predicted octanol–water partition coefficient (Wildman–Crippen LogP) is 3.06. The number of benzene rings is 2. The second-order valence-electron chi connectivity index (χ2n) is 4.55. The van der Waals surface area contributed by atoms with Gasteiger partial charge >= 0.3 is 0 Å². The Kier molecular flexibility index (Phi) is 5.94. The van der Waals surface area contributed by atoms with Gasteiger partial charge in [-0.1, -0.05) is 36.4 Å². The second-order valence-corrected chi connectivity index (χ2v) is 6.21. The maximum Gasteiger partial charge on any atom is 0.276 e. The predicted molar refractivity (Wildman–Crippen MR) is 91.9 cm³/mol. The minimum atomic E-state index is -3.67. The van der Waals surface area contributed by atoms with Gasteiger partial charge in [-0.3, -0.25) is 0 Å². The zero-order valence-corrected chi connectivity index (χ0v) is 13.5. The van der Waals surface area contributed by atoms with Gasteiger partial charge in [-0.2, -0.15) is 13.5 Å². The molecule has 6 heteroatoms. The lowest BCUT2D eigenvalue weighted by Gasteiger charge is -2.05. The quantitative estimate of drug-likeness (QED) is 0.627. The zero-order valence-electron chi connectivity index (χ0n) is 12.7. The van der Waals surface area contributed by atoms with Crippen molar-refractivity contribution in [2.45, 2.75) is 11.8 Å². The van der Waals surface area contributed by atoms with Gasteiger partial charge < -0.3 is 4.74 Å². The van der Waals surface area contributed by atoms with Gasteiger partial charge in [-0.05, 0) is 42.8 Å². The third-order valence-electron chi connectivity index (χ3n) is 2.87. The lowest BCUT2D eigenvalue weighted by molar-refractivity contribution is 0.340. The molecule has 0 atom stereocenters. The number of allylic oxidation sites excluding steroid dienone is 1. The van der Waals surface area contributed by atoms with Crippen molar-refractivity contribution >= 4 is 22.3 Å². The maximum absolute atomic E-state index is 12.0. The first-order valence-electron chi connectivity index (χ1n) is 7.11. The van der Waals surface area contributed by atoms with Crippen molar-refractivity contribution in [3.63, 3.8) is 0 Å². The van der Waals surface area contributed by atoms with E-state index in [9.17, 15) is 8.42 Å². The Bertz CT molecular complexity index is 767. The first-order valence-corrected chi connectivity index (χ1v) is 8.59. The van der Waals surface area contributed by atoms with Crippen molar-refractivity contribution in [2.75, 3.05) is 6.61 Å². The number of hydrazone groups is 1. The summed E-state index contributed by atoms with van der Waals surface area (Å²) in [5.74, 6) is 0.626. The molecule has 0 aliphatic rings. The van der Waals surface area contributed by atoms with Crippen LogP contribution in [0.5, 0.6) is 5.75 Å². The highest BCUT2D eigenvalue weighted by Gasteiger charge is 2.12. The van der Waals surface area contributed by atoms with Gasteiger partial charge in [-0.25, -0.2) is 4.83 Å². The summed E-state index contributed by atoms with van der Waals surface area (Å²) in [4.78, 5) is 2.29. The second kappa shape index (κ2) is 8.14. The van der Waals surface area contributed by atoms with E-state index in [0.717, 1.165) is 5.56 Å². The van der Waals surface area contributed by atoms with Crippen LogP contribution in [0.15, 0.2) is 70.7 Å². The Hall–Kier alpha value is -2.60. The molecule has 0 aromatic heterocycles. The average molecular weight is 330 g/mol. The Morgan fingerprint density at radius 3 is 2.43 bits per heavy atom. The van der Waals surface area contributed by atoms with Crippen LogP contribution in [0.3, 0.4) is 0 Å². The normalized spacial score (nSPS) is 11.9. The van der Waals surface area contributed by atoms with Gasteiger partial charge in [0.2, 0.25) is 0 Å². The van der Waals surface area contributed by atoms with E-state index in [1.165, 1.54) is 18.3 Å². The fourth-order valence-electron chi connectivity index (χ4n) is 1.80. The average Bonchev–Trinajstić information content (AvgIpc) is 2.56. The highest BCUT2D eigenvalue weighted by atomic mass is 32.2. The van der Waals surface area contributed by atoms with Gasteiger partial charge in [0.25, 0.3) is 10.0 Å². The number of sulfonamides is 1. The van der Waals surface area contributed by atoms with Crippen molar-refractivity contribution in [1.29, 1.82) is 0 Å². The van der Waals surface area contributed by atoms with Crippen LogP contribution < -0.4 is 9.57 Å². The minimum absolute atomic E-state index is 0.130. The molecule has 0 amide bonds. The molecule has 120 valence electrons. The summed E-state index contributed by atoms with van der Waals surface area (Å²) >= 11 is 0.